The van der Waals surface area contributed by atoms with E-state index in [-0.39, 0.29) is 0 Å². The molecule has 9 aromatic carbocycles. The lowest BCUT2D eigenvalue weighted by Crippen LogP contribution is -2.49. The Bertz CT molecular complexity index is 4150. The van der Waals surface area contributed by atoms with E-state index in [2.05, 4.69) is 241 Å². The van der Waals surface area contributed by atoms with Crippen molar-refractivity contribution < 1.29 is 0 Å². The van der Waals surface area contributed by atoms with Crippen molar-refractivity contribution in [2.24, 2.45) is 0 Å². The Balaban J connectivity index is 1.04. The van der Waals surface area contributed by atoms with Gasteiger partial charge >= 0.3 is 0 Å². The molecule has 0 aliphatic carbocycles. The van der Waals surface area contributed by atoms with Crippen molar-refractivity contribution in [2.75, 3.05) is 0 Å². The van der Waals surface area contributed by atoms with Gasteiger partial charge in [0, 0.05) is 38.4 Å². The summed E-state index contributed by atoms with van der Waals surface area (Å²) < 4.78 is 7.27. The van der Waals surface area contributed by atoms with Crippen LogP contribution in [0.4, 0.5) is 0 Å². The van der Waals surface area contributed by atoms with Crippen LogP contribution in [0.3, 0.4) is 0 Å². The first-order chi connectivity index (χ1) is 35.0. The lowest BCUT2D eigenvalue weighted by molar-refractivity contribution is 0.919. The zero-order valence-corrected chi connectivity index (χ0v) is 44.1. The van der Waals surface area contributed by atoms with Crippen molar-refractivity contribution in [3.8, 4) is 51.0 Å². The first-order valence-electron chi connectivity index (χ1n) is 25.4. The molecular formula is C64H49N5Si3. The summed E-state index contributed by atoms with van der Waals surface area (Å²) in [6, 6.07) is 71.4. The summed E-state index contributed by atoms with van der Waals surface area (Å²) in [5.74, 6) is 2.35. The minimum atomic E-state index is -2.05. The average molecular weight is 972 g/mol. The zero-order valence-electron chi connectivity index (χ0n) is 41.1. The zero-order chi connectivity index (χ0) is 48.2. The summed E-state index contributed by atoms with van der Waals surface area (Å²) in [5, 5.41) is 16.3. The molecule has 0 saturated heterocycles. The molecule has 342 valence electrons. The first kappa shape index (κ1) is 40.8. The van der Waals surface area contributed by atoms with Crippen molar-refractivity contribution in [3.05, 3.63) is 188 Å². The van der Waals surface area contributed by atoms with Crippen LogP contribution in [-0.4, -0.2) is 47.9 Å². The van der Waals surface area contributed by atoms with Crippen LogP contribution in [0.25, 0.3) is 116 Å². The van der Waals surface area contributed by atoms with Crippen LogP contribution in [0.1, 0.15) is 0 Å². The smallest absolute Gasteiger partial charge is 0.238 e. The summed E-state index contributed by atoms with van der Waals surface area (Å²) in [5.41, 5.74) is 15.1. The molecule has 0 amide bonds. The Labute approximate surface area is 420 Å². The third-order valence-corrected chi connectivity index (χ3v) is 28.1. The molecule has 4 aromatic heterocycles. The van der Waals surface area contributed by atoms with Crippen LogP contribution >= 0.6 is 0 Å². The molecule has 0 saturated carbocycles. The highest BCUT2D eigenvalue weighted by atomic mass is 28.3. The number of fused-ring (bicyclic) bond motifs is 18. The predicted octanol–water partition coefficient (Wildman–Crippen LogP) is 12.2. The fourth-order valence-corrected chi connectivity index (χ4v) is 23.2. The van der Waals surface area contributed by atoms with Gasteiger partial charge in [-0.15, -0.1) is 0 Å². The highest BCUT2D eigenvalue weighted by molar-refractivity contribution is 7.05. The minimum Gasteiger partial charge on any atom is -0.294 e. The molecular weight excluding hydrogens is 923 g/mol. The van der Waals surface area contributed by atoms with Gasteiger partial charge in [0.05, 0.1) is 33.1 Å². The van der Waals surface area contributed by atoms with Gasteiger partial charge in [0.1, 0.15) is 35.9 Å². The van der Waals surface area contributed by atoms with E-state index in [4.69, 9.17) is 9.97 Å². The molecule has 5 nitrogen and oxygen atoms in total. The van der Waals surface area contributed by atoms with Crippen molar-refractivity contribution >= 4 is 121 Å². The minimum absolute atomic E-state index is 0.659. The molecule has 16 rings (SSSR count). The second-order valence-corrected chi connectivity index (χ2v) is 35.2. The highest BCUT2D eigenvalue weighted by Gasteiger charge is 2.41. The summed E-state index contributed by atoms with van der Waals surface area (Å²) >= 11 is 0. The van der Waals surface area contributed by atoms with Crippen molar-refractivity contribution in [2.45, 2.75) is 39.3 Å². The molecule has 0 bridgehead atoms. The largest absolute Gasteiger partial charge is 0.294 e. The van der Waals surface area contributed by atoms with Crippen molar-refractivity contribution in [3.63, 3.8) is 0 Å². The second kappa shape index (κ2) is 13.7. The summed E-state index contributed by atoms with van der Waals surface area (Å²) in [6.07, 6.45) is 0. The maximum Gasteiger partial charge on any atom is 0.238 e. The number of nitrogens with zero attached hydrogens (tertiary/aromatic N) is 5. The van der Waals surface area contributed by atoms with E-state index in [1.54, 1.807) is 0 Å². The normalized spacial score (nSPS) is 15.4. The van der Waals surface area contributed by atoms with E-state index in [0.717, 1.165) is 33.7 Å². The van der Waals surface area contributed by atoms with E-state index in [0.29, 0.717) is 5.95 Å². The lowest BCUT2D eigenvalue weighted by atomic mass is 10.0. The molecule has 7 heterocycles. The van der Waals surface area contributed by atoms with Gasteiger partial charge in [-0.05, 0) is 119 Å². The average Bonchev–Trinajstić information content (AvgIpc) is 4.18. The van der Waals surface area contributed by atoms with E-state index in [9.17, 15) is 0 Å². The lowest BCUT2D eigenvalue weighted by Gasteiger charge is -2.20. The van der Waals surface area contributed by atoms with Gasteiger partial charge in [-0.3, -0.25) is 13.7 Å². The Hall–Kier alpha value is -7.89. The van der Waals surface area contributed by atoms with E-state index >= 15 is 0 Å². The topological polar surface area (TPSA) is 40.6 Å². The van der Waals surface area contributed by atoms with Gasteiger partial charge < -0.3 is 0 Å². The monoisotopic (exact) mass is 971 g/mol. The number of para-hydroxylation sites is 3. The third kappa shape index (κ3) is 5.06. The molecule has 0 unspecified atom stereocenters. The van der Waals surface area contributed by atoms with Crippen LogP contribution in [0, 0.1) is 0 Å². The molecule has 0 atom stereocenters. The van der Waals surface area contributed by atoms with Gasteiger partial charge in [0.2, 0.25) is 5.95 Å². The van der Waals surface area contributed by atoms with Crippen LogP contribution in [-0.2, 0) is 0 Å². The van der Waals surface area contributed by atoms with Gasteiger partial charge in [0.25, 0.3) is 0 Å². The maximum absolute atomic E-state index is 5.87. The third-order valence-electron chi connectivity index (χ3n) is 17.5. The maximum atomic E-state index is 5.87. The Kier molecular flexibility index (Phi) is 7.79. The molecule has 3 aliphatic rings. The quantitative estimate of drug-likeness (QED) is 0.166. The van der Waals surface area contributed by atoms with Gasteiger partial charge in [0.15, 0.2) is 0 Å². The fourth-order valence-electron chi connectivity index (χ4n) is 13.9. The molecule has 0 fully saturated rings. The highest BCUT2D eigenvalue weighted by Crippen LogP contribution is 2.42. The van der Waals surface area contributed by atoms with Gasteiger partial charge in [-0.1, -0.05) is 167 Å². The summed E-state index contributed by atoms with van der Waals surface area (Å²) in [4.78, 5) is 11.7. The van der Waals surface area contributed by atoms with Crippen LogP contribution < -0.4 is 31.1 Å². The first-order valence-corrected chi connectivity index (χ1v) is 34.4. The molecule has 0 spiro atoms. The van der Waals surface area contributed by atoms with E-state index in [1.165, 1.54) is 108 Å². The summed E-state index contributed by atoms with van der Waals surface area (Å²) in [6.45, 7) is 15.1. The Morgan fingerprint density at radius 3 is 0.944 bits per heavy atom. The second-order valence-electron chi connectivity index (χ2n) is 22.2. The van der Waals surface area contributed by atoms with Crippen molar-refractivity contribution in [1.29, 1.82) is 0 Å². The fraction of sp³-hybridized carbons (Fsp3) is 0.0938. The molecule has 0 radical (unpaired) electrons. The van der Waals surface area contributed by atoms with Crippen LogP contribution in [0.2, 0.25) is 39.3 Å². The molecule has 0 N–H and O–H groups in total. The number of benzene rings is 9. The standard InChI is InChI=1S/C64H49N5Si3/c1-70(2)56-28-16-10-22-41(56)47-31-44-38-19-7-13-25-50(38)67(53(44)34-59(47)70)62-37-63(68-51-26-14-8-20-39(51)45-32-48-42-23-11-17-29-57(42)71(3,4)60(48)35-54(45)68)66-64(65-62)69-52-27-15-9-21-40(52)46-33-49-43-24-12-18-30-58(43)72(5,6)61(49)36-55(46)69/h7-37H,1-6H3. The number of hydrogen-bond acceptors (Lipinski definition) is 2. The molecule has 72 heavy (non-hydrogen) atoms. The SMILES string of the molecule is C[Si]1(C)c2ccccc2-c2cc3c4ccccc4n(-c4cc(-n5c6ccccc6c6cc7c(cc65)[Si](C)(C)c5ccccc5-7)nc(-n5c6ccccc6c6cc7c(cc65)[Si](C)(C)c5ccccc5-7)n4)c3cc21. The van der Waals surface area contributed by atoms with Crippen LogP contribution in [0.15, 0.2) is 188 Å². The molecule has 8 heteroatoms. The van der Waals surface area contributed by atoms with E-state index in [1.807, 2.05) is 0 Å². The Morgan fingerprint density at radius 2 is 0.569 bits per heavy atom. The van der Waals surface area contributed by atoms with Crippen LogP contribution in [0.5, 0.6) is 0 Å². The molecule has 13 aromatic rings. The summed E-state index contributed by atoms with van der Waals surface area (Å²) in [7, 11) is -6.12. The van der Waals surface area contributed by atoms with E-state index < -0.39 is 24.2 Å². The van der Waals surface area contributed by atoms with Crippen molar-refractivity contribution in [1.82, 2.24) is 23.7 Å². The van der Waals surface area contributed by atoms with Gasteiger partial charge in [-0.2, -0.15) is 9.97 Å². The number of hydrogen-bond donors (Lipinski definition) is 0. The van der Waals surface area contributed by atoms with Gasteiger partial charge in [-0.25, -0.2) is 0 Å². The molecule has 3 aliphatic heterocycles. The number of aromatic nitrogens is 5. The Morgan fingerprint density at radius 1 is 0.264 bits per heavy atom. The predicted molar refractivity (Wildman–Crippen MR) is 312 cm³/mol. The number of rotatable bonds is 3.